The van der Waals surface area contributed by atoms with Gasteiger partial charge in [0.05, 0.1) is 41.3 Å². The number of aryl methyl sites for hydroxylation is 2. The summed E-state index contributed by atoms with van der Waals surface area (Å²) in [5.74, 6) is -0.400. The second-order valence-electron chi connectivity index (χ2n) is 7.03. The average Bonchev–Trinajstić information content (AvgIpc) is 2.88. The number of ether oxygens (including phenoxy) is 1. The summed E-state index contributed by atoms with van der Waals surface area (Å²) in [5.41, 5.74) is 3.13. The Hall–Kier alpha value is -1.70. The number of rotatable bonds is 1. The molecule has 0 aliphatic carbocycles. The fourth-order valence-electron chi connectivity index (χ4n) is 3.90. The van der Waals surface area contributed by atoms with E-state index in [4.69, 9.17) is 16.3 Å². The van der Waals surface area contributed by atoms with E-state index in [-0.39, 0.29) is 22.6 Å². The van der Waals surface area contributed by atoms with E-state index in [1.807, 2.05) is 26.0 Å². The fourth-order valence-corrected chi connectivity index (χ4v) is 5.99. The normalized spacial score (nSPS) is 24.7. The molecule has 138 valence electrons. The maximum absolute atomic E-state index is 13.1. The highest BCUT2D eigenvalue weighted by Crippen LogP contribution is 2.29. The molecule has 2 unspecified atom stereocenters. The molecule has 1 amide bonds. The molecule has 2 saturated heterocycles. The second-order valence-corrected chi connectivity index (χ2v) is 9.54. The summed E-state index contributed by atoms with van der Waals surface area (Å²) in [4.78, 5) is 19.1. The predicted molar refractivity (Wildman–Crippen MR) is 99.4 cm³/mol. The van der Waals surface area contributed by atoms with Crippen molar-refractivity contribution >= 4 is 38.2 Å². The second kappa shape index (κ2) is 6.18. The van der Waals surface area contributed by atoms with Crippen LogP contribution in [-0.4, -0.2) is 61.0 Å². The predicted octanol–water partition coefficient (Wildman–Crippen LogP) is 2.14. The molecule has 4 rings (SSSR count). The van der Waals surface area contributed by atoms with Crippen LogP contribution in [-0.2, 0) is 14.6 Å². The van der Waals surface area contributed by atoms with Gasteiger partial charge in [-0.1, -0.05) is 23.2 Å². The molecule has 3 heterocycles. The molecule has 1 aromatic heterocycles. The zero-order valence-corrected chi connectivity index (χ0v) is 16.1. The Bertz CT molecular complexity index is 1020. The Morgan fingerprint density at radius 3 is 2.81 bits per heavy atom. The third-order valence-corrected chi connectivity index (χ3v) is 7.01. The third kappa shape index (κ3) is 2.98. The van der Waals surface area contributed by atoms with Gasteiger partial charge in [-0.2, -0.15) is 0 Å². The van der Waals surface area contributed by atoms with Gasteiger partial charge < -0.3 is 9.64 Å². The lowest BCUT2D eigenvalue weighted by atomic mass is 10.0. The van der Waals surface area contributed by atoms with Crippen molar-refractivity contribution in [1.82, 2.24) is 9.88 Å². The maximum Gasteiger partial charge on any atom is 0.257 e. The Balaban J connectivity index is 1.75. The number of sulfone groups is 1. The fraction of sp³-hybridized carbons (Fsp3) is 0.444. The number of nitrogens with zero attached hydrogens (tertiary/aromatic N) is 2. The lowest BCUT2D eigenvalue weighted by Gasteiger charge is -2.36. The van der Waals surface area contributed by atoms with Crippen LogP contribution in [0.3, 0.4) is 0 Å². The minimum atomic E-state index is -3.20. The van der Waals surface area contributed by atoms with Crippen LogP contribution >= 0.6 is 11.6 Å². The highest BCUT2D eigenvalue weighted by molar-refractivity contribution is 7.91. The molecule has 2 aromatic rings. The van der Waals surface area contributed by atoms with E-state index in [1.165, 1.54) is 0 Å². The molecule has 0 radical (unpaired) electrons. The molecule has 6 nitrogen and oxygen atoms in total. The molecule has 0 N–H and O–H groups in total. The largest absolute Gasteiger partial charge is 0.373 e. The van der Waals surface area contributed by atoms with Gasteiger partial charge in [-0.15, -0.1) is 0 Å². The zero-order chi connectivity index (χ0) is 18.6. The van der Waals surface area contributed by atoms with Gasteiger partial charge in [0.25, 0.3) is 5.91 Å². The minimum absolute atomic E-state index is 0.0382. The topological polar surface area (TPSA) is 76.6 Å². The van der Waals surface area contributed by atoms with Gasteiger partial charge >= 0.3 is 0 Å². The lowest BCUT2D eigenvalue weighted by Crippen LogP contribution is -2.53. The van der Waals surface area contributed by atoms with Crippen LogP contribution < -0.4 is 0 Å². The highest BCUT2D eigenvalue weighted by Gasteiger charge is 2.46. The number of morpholine rings is 1. The summed E-state index contributed by atoms with van der Waals surface area (Å²) in [6.45, 7) is 4.60. The molecule has 1 aromatic carbocycles. The van der Waals surface area contributed by atoms with Crippen LogP contribution in [0.15, 0.2) is 18.2 Å². The number of hydrogen-bond donors (Lipinski definition) is 0. The lowest BCUT2D eigenvalue weighted by molar-refractivity contribution is -0.0361. The highest BCUT2D eigenvalue weighted by atomic mass is 35.5. The van der Waals surface area contributed by atoms with E-state index < -0.39 is 22.0 Å². The first-order chi connectivity index (χ1) is 12.2. The van der Waals surface area contributed by atoms with Crippen molar-refractivity contribution in [2.24, 2.45) is 0 Å². The van der Waals surface area contributed by atoms with Gasteiger partial charge in [0.15, 0.2) is 9.84 Å². The van der Waals surface area contributed by atoms with Crippen molar-refractivity contribution in [2.75, 3.05) is 24.7 Å². The Kier molecular flexibility index (Phi) is 4.21. The summed E-state index contributed by atoms with van der Waals surface area (Å²) in [6, 6.07) is 5.27. The number of fused-ring (bicyclic) bond motifs is 2. The molecule has 2 aliphatic rings. The summed E-state index contributed by atoms with van der Waals surface area (Å²) >= 11 is 6.32. The monoisotopic (exact) mass is 394 g/mol. The van der Waals surface area contributed by atoms with E-state index in [2.05, 4.69) is 4.98 Å². The summed E-state index contributed by atoms with van der Waals surface area (Å²) in [7, 11) is -3.20. The number of amides is 1. The van der Waals surface area contributed by atoms with E-state index >= 15 is 0 Å². The molecule has 2 aliphatic heterocycles. The zero-order valence-electron chi connectivity index (χ0n) is 14.5. The SMILES string of the molecule is Cc1cc(C)c2nc(Cl)c(C(=O)N3CCOC4CS(=O)(=O)CC43)cc2c1. The van der Waals surface area contributed by atoms with Crippen molar-refractivity contribution in [3.8, 4) is 0 Å². The van der Waals surface area contributed by atoms with Crippen LogP contribution in [0, 0.1) is 13.8 Å². The number of halogens is 1. The average molecular weight is 395 g/mol. The number of carbonyl (C=O) groups is 1. The van der Waals surface area contributed by atoms with Crippen molar-refractivity contribution in [3.63, 3.8) is 0 Å². The van der Waals surface area contributed by atoms with E-state index in [0.29, 0.717) is 18.7 Å². The quantitative estimate of drug-likeness (QED) is 0.692. The standard InChI is InChI=1S/C18H19ClN2O4S/c1-10-5-11(2)16-12(6-10)7-13(17(19)20-16)18(22)21-3-4-25-15-9-26(23,24)8-14(15)21/h5-7,14-15H,3-4,8-9H2,1-2H3. The maximum atomic E-state index is 13.1. The first-order valence-corrected chi connectivity index (χ1v) is 10.7. The van der Waals surface area contributed by atoms with Gasteiger partial charge in [-0.3, -0.25) is 4.79 Å². The molecule has 26 heavy (non-hydrogen) atoms. The van der Waals surface area contributed by atoms with Gasteiger partial charge in [-0.25, -0.2) is 13.4 Å². The number of benzene rings is 1. The first kappa shape index (κ1) is 17.7. The first-order valence-electron chi connectivity index (χ1n) is 8.46. The Morgan fingerprint density at radius 2 is 2.04 bits per heavy atom. The Morgan fingerprint density at radius 1 is 1.27 bits per heavy atom. The van der Waals surface area contributed by atoms with E-state index in [9.17, 15) is 13.2 Å². The number of pyridine rings is 1. The van der Waals surface area contributed by atoms with Crippen molar-refractivity contribution in [3.05, 3.63) is 40.0 Å². The van der Waals surface area contributed by atoms with Crippen LogP contribution in [0.25, 0.3) is 10.9 Å². The van der Waals surface area contributed by atoms with Gasteiger partial charge in [-0.05, 0) is 31.5 Å². The molecule has 2 fully saturated rings. The van der Waals surface area contributed by atoms with Crippen LogP contribution in [0.4, 0.5) is 0 Å². The van der Waals surface area contributed by atoms with E-state index in [1.54, 1.807) is 11.0 Å². The number of aromatic nitrogens is 1. The van der Waals surface area contributed by atoms with Crippen LogP contribution in [0.1, 0.15) is 21.5 Å². The molecule has 8 heteroatoms. The molecule has 0 saturated carbocycles. The Labute approximate surface area is 157 Å². The van der Waals surface area contributed by atoms with Gasteiger partial charge in [0, 0.05) is 11.9 Å². The van der Waals surface area contributed by atoms with Crippen molar-refractivity contribution in [1.29, 1.82) is 0 Å². The molecular formula is C18H19ClN2O4S. The smallest absolute Gasteiger partial charge is 0.257 e. The summed E-state index contributed by atoms with van der Waals surface area (Å²) in [5, 5.41) is 0.984. The molecule has 0 spiro atoms. The molecular weight excluding hydrogens is 376 g/mol. The summed E-state index contributed by atoms with van der Waals surface area (Å²) < 4.78 is 29.5. The van der Waals surface area contributed by atoms with Gasteiger partial charge in [0.1, 0.15) is 5.15 Å². The van der Waals surface area contributed by atoms with Crippen LogP contribution in [0.5, 0.6) is 0 Å². The van der Waals surface area contributed by atoms with Crippen molar-refractivity contribution < 1.29 is 17.9 Å². The third-order valence-electron chi connectivity index (χ3n) is 5.03. The van der Waals surface area contributed by atoms with E-state index in [0.717, 1.165) is 22.0 Å². The van der Waals surface area contributed by atoms with Crippen molar-refractivity contribution in [2.45, 2.75) is 26.0 Å². The number of hydrogen-bond acceptors (Lipinski definition) is 5. The minimum Gasteiger partial charge on any atom is -0.373 e. The molecule has 2 atom stereocenters. The van der Waals surface area contributed by atoms with Crippen LogP contribution in [0.2, 0.25) is 5.15 Å². The van der Waals surface area contributed by atoms with Gasteiger partial charge in [0.2, 0.25) is 0 Å². The molecule has 0 bridgehead atoms. The summed E-state index contributed by atoms with van der Waals surface area (Å²) in [6.07, 6.45) is -0.464. The number of carbonyl (C=O) groups excluding carboxylic acids is 1.